The molecule has 1 aliphatic rings. The monoisotopic (exact) mass is 291 g/mol. The van der Waals surface area contributed by atoms with Crippen molar-refractivity contribution in [2.75, 3.05) is 17.2 Å². The molecule has 0 amide bonds. The van der Waals surface area contributed by atoms with Crippen LogP contribution in [0.1, 0.15) is 18.0 Å². The summed E-state index contributed by atoms with van der Waals surface area (Å²) in [5.41, 5.74) is 9.43. The van der Waals surface area contributed by atoms with Crippen molar-refractivity contribution in [3.05, 3.63) is 36.0 Å². The number of hydrogen-bond donors (Lipinski definition) is 1. The lowest BCUT2D eigenvalue weighted by Gasteiger charge is -2.07. The molecule has 0 bridgehead atoms. The van der Waals surface area contributed by atoms with Gasteiger partial charge in [-0.05, 0) is 19.4 Å². The van der Waals surface area contributed by atoms with Gasteiger partial charge < -0.3 is 5.73 Å². The average molecular weight is 291 g/mol. The van der Waals surface area contributed by atoms with Crippen LogP contribution in [0.4, 0.5) is 5.69 Å². The quantitative estimate of drug-likeness (QED) is 0.915. The maximum absolute atomic E-state index is 11.5. The minimum Gasteiger partial charge on any atom is -0.396 e. The van der Waals surface area contributed by atoms with Crippen molar-refractivity contribution in [2.45, 2.75) is 19.4 Å². The van der Waals surface area contributed by atoms with E-state index in [1.165, 1.54) is 0 Å². The van der Waals surface area contributed by atoms with E-state index < -0.39 is 9.84 Å². The number of aryl methyl sites for hydroxylation is 1. The zero-order valence-corrected chi connectivity index (χ0v) is 12.1. The first-order valence-corrected chi connectivity index (χ1v) is 8.39. The Kier molecular flexibility index (Phi) is 3.05. The number of anilines is 1. The first-order valence-electron chi connectivity index (χ1n) is 6.57. The van der Waals surface area contributed by atoms with Crippen LogP contribution in [-0.4, -0.2) is 29.7 Å². The fraction of sp³-hybridized carbons (Fsp3) is 0.357. The van der Waals surface area contributed by atoms with Gasteiger partial charge in [-0.3, -0.25) is 4.68 Å². The zero-order chi connectivity index (χ0) is 14.3. The number of nitrogens with zero attached hydrogens (tertiary/aromatic N) is 2. The van der Waals surface area contributed by atoms with Crippen molar-refractivity contribution >= 4 is 15.5 Å². The lowest BCUT2D eigenvalue weighted by Crippen LogP contribution is -2.11. The SMILES string of the molecule is Cc1cccc(-c2nn(C3CCS(=O)(=O)C3)cc2N)c1. The average Bonchev–Trinajstić information content (AvgIpc) is 2.92. The summed E-state index contributed by atoms with van der Waals surface area (Å²) in [4.78, 5) is 0. The predicted octanol–water partition coefficient (Wildman–Crippen LogP) is 1.80. The Hall–Kier alpha value is -1.82. The first-order chi connectivity index (χ1) is 9.44. The molecule has 20 heavy (non-hydrogen) atoms. The zero-order valence-electron chi connectivity index (χ0n) is 11.3. The van der Waals surface area contributed by atoms with Crippen LogP contribution in [0.2, 0.25) is 0 Å². The molecule has 1 atom stereocenters. The van der Waals surface area contributed by atoms with E-state index in [0.717, 1.165) is 16.8 Å². The van der Waals surface area contributed by atoms with Crippen LogP contribution in [0.15, 0.2) is 30.5 Å². The molecule has 0 aliphatic carbocycles. The number of nitrogens with two attached hydrogens (primary N) is 1. The molecule has 1 saturated heterocycles. The molecule has 6 heteroatoms. The summed E-state index contributed by atoms with van der Waals surface area (Å²) in [6.07, 6.45) is 2.35. The minimum atomic E-state index is -2.92. The van der Waals surface area contributed by atoms with Gasteiger partial charge in [0.15, 0.2) is 9.84 Å². The van der Waals surface area contributed by atoms with Crippen LogP contribution in [0.25, 0.3) is 11.3 Å². The molecule has 2 heterocycles. The number of sulfone groups is 1. The van der Waals surface area contributed by atoms with Crippen molar-refractivity contribution in [2.24, 2.45) is 0 Å². The number of nitrogen functional groups attached to an aromatic ring is 1. The normalized spacial score (nSPS) is 21.1. The Morgan fingerprint density at radius 2 is 2.20 bits per heavy atom. The van der Waals surface area contributed by atoms with Gasteiger partial charge in [-0.2, -0.15) is 5.10 Å². The molecule has 1 aliphatic heterocycles. The van der Waals surface area contributed by atoms with Gasteiger partial charge in [0.2, 0.25) is 0 Å². The molecular weight excluding hydrogens is 274 g/mol. The molecule has 0 spiro atoms. The van der Waals surface area contributed by atoms with Gasteiger partial charge in [-0.1, -0.05) is 23.8 Å². The van der Waals surface area contributed by atoms with Crippen molar-refractivity contribution in [1.82, 2.24) is 9.78 Å². The third-order valence-corrected chi connectivity index (χ3v) is 5.38. The molecular formula is C14H17N3O2S. The second-order valence-corrected chi connectivity index (χ2v) is 7.57. The van der Waals surface area contributed by atoms with Crippen LogP contribution in [0, 0.1) is 6.92 Å². The topological polar surface area (TPSA) is 78.0 Å². The van der Waals surface area contributed by atoms with Crippen LogP contribution < -0.4 is 5.73 Å². The van der Waals surface area contributed by atoms with Gasteiger partial charge in [-0.25, -0.2) is 8.42 Å². The third kappa shape index (κ3) is 2.43. The summed E-state index contributed by atoms with van der Waals surface area (Å²) >= 11 is 0. The van der Waals surface area contributed by atoms with E-state index >= 15 is 0 Å². The van der Waals surface area contributed by atoms with Crippen LogP contribution in [-0.2, 0) is 9.84 Å². The van der Waals surface area contributed by atoms with E-state index in [4.69, 9.17) is 5.73 Å². The first kappa shape index (κ1) is 13.2. The van der Waals surface area contributed by atoms with Crippen molar-refractivity contribution in [3.63, 3.8) is 0 Å². The highest BCUT2D eigenvalue weighted by atomic mass is 32.2. The fourth-order valence-corrected chi connectivity index (χ4v) is 4.30. The van der Waals surface area contributed by atoms with E-state index in [9.17, 15) is 8.42 Å². The molecule has 5 nitrogen and oxygen atoms in total. The maximum Gasteiger partial charge on any atom is 0.152 e. The largest absolute Gasteiger partial charge is 0.396 e. The van der Waals surface area contributed by atoms with Gasteiger partial charge >= 0.3 is 0 Å². The van der Waals surface area contributed by atoms with E-state index in [1.807, 2.05) is 31.2 Å². The van der Waals surface area contributed by atoms with Crippen molar-refractivity contribution in [3.8, 4) is 11.3 Å². The van der Waals surface area contributed by atoms with E-state index in [-0.39, 0.29) is 17.5 Å². The Bertz CT molecular complexity index is 750. The number of aromatic nitrogens is 2. The highest BCUT2D eigenvalue weighted by Gasteiger charge is 2.30. The van der Waals surface area contributed by atoms with Gasteiger partial charge in [0.25, 0.3) is 0 Å². The van der Waals surface area contributed by atoms with E-state index in [2.05, 4.69) is 5.10 Å². The minimum absolute atomic E-state index is 0.0964. The lowest BCUT2D eigenvalue weighted by atomic mass is 10.1. The van der Waals surface area contributed by atoms with Gasteiger partial charge in [-0.15, -0.1) is 0 Å². The molecule has 0 saturated carbocycles. The van der Waals surface area contributed by atoms with Crippen LogP contribution in [0.5, 0.6) is 0 Å². The number of benzene rings is 1. The molecule has 0 radical (unpaired) electrons. The lowest BCUT2D eigenvalue weighted by molar-refractivity contribution is 0.501. The van der Waals surface area contributed by atoms with Gasteiger partial charge in [0.05, 0.1) is 23.2 Å². The molecule has 1 unspecified atom stereocenters. The Morgan fingerprint density at radius 1 is 1.40 bits per heavy atom. The predicted molar refractivity (Wildman–Crippen MR) is 79.1 cm³/mol. The van der Waals surface area contributed by atoms with Crippen molar-refractivity contribution in [1.29, 1.82) is 0 Å². The van der Waals surface area contributed by atoms with Crippen molar-refractivity contribution < 1.29 is 8.42 Å². The maximum atomic E-state index is 11.5. The summed E-state index contributed by atoms with van der Waals surface area (Å²) in [5, 5.41) is 4.50. The Labute approximate surface area is 118 Å². The fourth-order valence-electron chi connectivity index (χ4n) is 2.59. The standard InChI is InChI=1S/C14H17N3O2S/c1-10-3-2-4-11(7-10)14-13(15)8-17(16-14)12-5-6-20(18,19)9-12/h2-4,7-8,12H,5-6,9,15H2,1H3. The summed E-state index contributed by atoms with van der Waals surface area (Å²) < 4.78 is 24.8. The van der Waals surface area contributed by atoms with Crippen LogP contribution in [0.3, 0.4) is 0 Å². The van der Waals surface area contributed by atoms with Crippen LogP contribution >= 0.6 is 0 Å². The Morgan fingerprint density at radius 3 is 2.85 bits per heavy atom. The van der Waals surface area contributed by atoms with Gasteiger partial charge in [0, 0.05) is 11.8 Å². The summed E-state index contributed by atoms with van der Waals surface area (Å²) in [5.74, 6) is 0.387. The second kappa shape index (κ2) is 4.63. The molecule has 1 fully saturated rings. The molecule has 106 valence electrons. The molecule has 3 rings (SSSR count). The molecule has 2 aromatic rings. The third-order valence-electron chi connectivity index (χ3n) is 3.63. The summed E-state index contributed by atoms with van der Waals surface area (Å²) in [7, 11) is -2.92. The Balaban J connectivity index is 1.96. The number of rotatable bonds is 2. The number of hydrogen-bond acceptors (Lipinski definition) is 4. The second-order valence-electron chi connectivity index (χ2n) is 5.34. The molecule has 1 aromatic heterocycles. The van der Waals surface area contributed by atoms with E-state index in [0.29, 0.717) is 12.1 Å². The van der Waals surface area contributed by atoms with E-state index in [1.54, 1.807) is 10.9 Å². The smallest absolute Gasteiger partial charge is 0.152 e. The molecule has 2 N–H and O–H groups in total. The summed E-state index contributed by atoms with van der Waals surface area (Å²) in [6, 6.07) is 7.86. The summed E-state index contributed by atoms with van der Waals surface area (Å²) in [6.45, 7) is 2.01. The van der Waals surface area contributed by atoms with Gasteiger partial charge in [0.1, 0.15) is 5.69 Å². The highest BCUT2D eigenvalue weighted by Crippen LogP contribution is 2.29. The highest BCUT2D eigenvalue weighted by molar-refractivity contribution is 7.91. The molecule has 1 aromatic carbocycles.